The van der Waals surface area contributed by atoms with E-state index < -0.39 is 0 Å². The molecule has 1 heterocycles. The van der Waals surface area contributed by atoms with Gasteiger partial charge in [0, 0.05) is 12.1 Å². The summed E-state index contributed by atoms with van der Waals surface area (Å²) in [6.07, 6.45) is 6.93. The number of hydrogen-bond donors (Lipinski definition) is 0. The molecule has 1 atom stereocenters. The summed E-state index contributed by atoms with van der Waals surface area (Å²) in [5.74, 6) is 0.0827. The van der Waals surface area contributed by atoms with Crippen molar-refractivity contribution in [3.05, 3.63) is 77.1 Å². The largest absolute Gasteiger partial charge is 0.296 e. The van der Waals surface area contributed by atoms with Gasteiger partial charge in [0.15, 0.2) is 6.29 Å². The summed E-state index contributed by atoms with van der Waals surface area (Å²) in [5.41, 5.74) is 6.08. The summed E-state index contributed by atoms with van der Waals surface area (Å²) in [5, 5.41) is 0. The van der Waals surface area contributed by atoms with Crippen LogP contribution in [0.5, 0.6) is 0 Å². The molecule has 0 radical (unpaired) electrons. The topological polar surface area (TPSA) is 30.0 Å². The molecule has 0 N–H and O–H groups in total. The monoisotopic (exact) mass is 333 g/mol. The van der Waals surface area contributed by atoms with Crippen molar-refractivity contribution in [1.29, 1.82) is 0 Å². The highest BCUT2D eigenvalue weighted by Crippen LogP contribution is 2.46. The number of aromatic nitrogens is 1. The van der Waals surface area contributed by atoms with E-state index in [9.17, 15) is 4.79 Å². The van der Waals surface area contributed by atoms with Crippen molar-refractivity contribution in [2.45, 2.75) is 57.3 Å². The van der Waals surface area contributed by atoms with Crippen LogP contribution in [-0.4, -0.2) is 11.3 Å². The van der Waals surface area contributed by atoms with Gasteiger partial charge in [0.05, 0.1) is 0 Å². The van der Waals surface area contributed by atoms with Crippen LogP contribution >= 0.6 is 0 Å². The van der Waals surface area contributed by atoms with E-state index in [0.29, 0.717) is 5.69 Å². The normalized spacial score (nSPS) is 18.9. The van der Waals surface area contributed by atoms with E-state index in [4.69, 9.17) is 0 Å². The second kappa shape index (κ2) is 6.25. The third kappa shape index (κ3) is 3.18. The maximum atomic E-state index is 10.8. The number of benzene rings is 1. The molecule has 1 aromatic heterocycles. The molecule has 0 bridgehead atoms. The maximum Gasteiger partial charge on any atom is 0.168 e. The summed E-state index contributed by atoms with van der Waals surface area (Å²) in [6, 6.07) is 10.6. The Morgan fingerprint density at radius 3 is 2.20 bits per heavy atom. The van der Waals surface area contributed by atoms with E-state index in [-0.39, 0.29) is 16.7 Å². The van der Waals surface area contributed by atoms with Gasteiger partial charge in [0.25, 0.3) is 0 Å². The lowest BCUT2D eigenvalue weighted by Gasteiger charge is -2.42. The Labute approximate surface area is 151 Å². The molecule has 2 heteroatoms. The molecule has 0 spiro atoms. The van der Waals surface area contributed by atoms with Crippen molar-refractivity contribution < 1.29 is 4.79 Å². The number of nitrogens with zero attached hydrogens (tertiary/aromatic N) is 1. The molecule has 0 saturated heterocycles. The number of rotatable bonds is 4. The molecule has 1 unspecified atom stereocenters. The molecule has 0 amide bonds. The standard InChI is InChI=1S/C23H27NO/c1-6-19(17-7-9-18(15-25)24-14-17)16-8-10-20-21(13-16)23(4,5)12-11-22(20,2)3/h6-10,13-15,19H,1,11-12H2,2-5H3. The zero-order valence-electron chi connectivity index (χ0n) is 15.7. The van der Waals surface area contributed by atoms with Crippen LogP contribution in [0.4, 0.5) is 0 Å². The Hall–Kier alpha value is -2.22. The minimum Gasteiger partial charge on any atom is -0.296 e. The van der Waals surface area contributed by atoms with Gasteiger partial charge >= 0.3 is 0 Å². The number of pyridine rings is 1. The molecule has 1 aromatic carbocycles. The highest BCUT2D eigenvalue weighted by atomic mass is 16.1. The lowest BCUT2D eigenvalue weighted by molar-refractivity contribution is 0.111. The predicted molar refractivity (Wildman–Crippen MR) is 103 cm³/mol. The molecule has 0 fully saturated rings. The van der Waals surface area contributed by atoms with Crippen molar-refractivity contribution in [3.63, 3.8) is 0 Å². The second-order valence-electron chi connectivity index (χ2n) is 8.42. The summed E-state index contributed by atoms with van der Waals surface area (Å²) >= 11 is 0. The van der Waals surface area contributed by atoms with Crippen LogP contribution in [0.25, 0.3) is 0 Å². The quantitative estimate of drug-likeness (QED) is 0.541. The number of allylic oxidation sites excluding steroid dienone is 1. The van der Waals surface area contributed by atoms with Crippen LogP contribution in [0.15, 0.2) is 49.2 Å². The van der Waals surface area contributed by atoms with Gasteiger partial charge < -0.3 is 0 Å². The van der Waals surface area contributed by atoms with Gasteiger partial charge in [-0.15, -0.1) is 6.58 Å². The number of hydrogen-bond acceptors (Lipinski definition) is 2. The van der Waals surface area contributed by atoms with E-state index in [1.54, 1.807) is 12.3 Å². The van der Waals surface area contributed by atoms with Crippen molar-refractivity contribution in [2.24, 2.45) is 0 Å². The van der Waals surface area contributed by atoms with E-state index in [1.807, 2.05) is 12.1 Å². The minimum atomic E-state index is 0.0827. The third-order valence-electron chi connectivity index (χ3n) is 5.76. The van der Waals surface area contributed by atoms with Crippen LogP contribution in [0, 0.1) is 0 Å². The van der Waals surface area contributed by atoms with Crippen LogP contribution in [0.2, 0.25) is 0 Å². The molecule has 1 aliphatic carbocycles. The SMILES string of the molecule is C=CC(c1ccc(C=O)nc1)c1ccc2c(c1)C(C)(C)CCC2(C)C. The number of carbonyl (C=O) groups excluding carboxylic acids is 1. The molecule has 130 valence electrons. The summed E-state index contributed by atoms with van der Waals surface area (Å²) < 4.78 is 0. The first-order valence-corrected chi connectivity index (χ1v) is 8.97. The van der Waals surface area contributed by atoms with Crippen molar-refractivity contribution in [2.75, 3.05) is 0 Å². The van der Waals surface area contributed by atoms with Crippen molar-refractivity contribution >= 4 is 6.29 Å². The van der Waals surface area contributed by atoms with Crippen LogP contribution in [0.3, 0.4) is 0 Å². The summed E-state index contributed by atoms with van der Waals surface area (Å²) in [7, 11) is 0. The molecule has 1 aliphatic rings. The molecule has 2 nitrogen and oxygen atoms in total. The first kappa shape index (κ1) is 17.6. The number of carbonyl (C=O) groups is 1. The first-order chi connectivity index (χ1) is 11.8. The van der Waals surface area contributed by atoms with E-state index in [2.05, 4.69) is 57.5 Å². The zero-order valence-corrected chi connectivity index (χ0v) is 15.7. The fraction of sp³-hybridized carbons (Fsp3) is 0.391. The molecular formula is C23H27NO. The molecule has 3 rings (SSSR count). The molecule has 0 aliphatic heterocycles. The Balaban J connectivity index is 2.07. The average molecular weight is 333 g/mol. The minimum absolute atomic E-state index is 0.0827. The Kier molecular flexibility index (Phi) is 4.40. The lowest BCUT2D eigenvalue weighted by atomic mass is 9.62. The van der Waals surface area contributed by atoms with Gasteiger partial charge in [-0.1, -0.05) is 58.0 Å². The Bertz CT molecular complexity index is 799. The van der Waals surface area contributed by atoms with E-state index >= 15 is 0 Å². The molecule has 2 aromatic rings. The van der Waals surface area contributed by atoms with Gasteiger partial charge in [-0.3, -0.25) is 9.78 Å². The van der Waals surface area contributed by atoms with Gasteiger partial charge in [-0.25, -0.2) is 0 Å². The smallest absolute Gasteiger partial charge is 0.168 e. The van der Waals surface area contributed by atoms with Crippen LogP contribution in [0.1, 0.15) is 79.2 Å². The predicted octanol–water partition coefficient (Wildman–Crippen LogP) is 5.56. The lowest BCUT2D eigenvalue weighted by Crippen LogP contribution is -2.34. The van der Waals surface area contributed by atoms with Gasteiger partial charge in [0.2, 0.25) is 0 Å². The zero-order chi connectivity index (χ0) is 18.2. The molecular weight excluding hydrogens is 306 g/mol. The highest BCUT2D eigenvalue weighted by molar-refractivity contribution is 5.71. The van der Waals surface area contributed by atoms with Crippen molar-refractivity contribution in [1.82, 2.24) is 4.98 Å². The molecule has 25 heavy (non-hydrogen) atoms. The average Bonchev–Trinajstić information content (AvgIpc) is 2.60. The van der Waals surface area contributed by atoms with E-state index in [0.717, 1.165) is 11.8 Å². The fourth-order valence-electron chi connectivity index (χ4n) is 3.93. The Morgan fingerprint density at radius 2 is 1.64 bits per heavy atom. The second-order valence-corrected chi connectivity index (χ2v) is 8.42. The Morgan fingerprint density at radius 1 is 1.00 bits per heavy atom. The third-order valence-corrected chi connectivity index (χ3v) is 5.76. The molecule has 0 saturated carbocycles. The van der Waals surface area contributed by atoms with Crippen LogP contribution < -0.4 is 0 Å². The van der Waals surface area contributed by atoms with E-state index in [1.165, 1.54) is 29.5 Å². The van der Waals surface area contributed by atoms with Crippen molar-refractivity contribution in [3.8, 4) is 0 Å². The first-order valence-electron chi connectivity index (χ1n) is 8.97. The summed E-state index contributed by atoms with van der Waals surface area (Å²) in [6.45, 7) is 13.4. The summed E-state index contributed by atoms with van der Waals surface area (Å²) in [4.78, 5) is 15.1. The van der Waals surface area contributed by atoms with Crippen LogP contribution in [-0.2, 0) is 10.8 Å². The fourth-order valence-corrected chi connectivity index (χ4v) is 3.93. The number of fused-ring (bicyclic) bond motifs is 1. The van der Waals surface area contributed by atoms with Gasteiger partial charge in [0.1, 0.15) is 5.69 Å². The van der Waals surface area contributed by atoms with Gasteiger partial charge in [-0.05, 0) is 52.0 Å². The van der Waals surface area contributed by atoms with Gasteiger partial charge in [-0.2, -0.15) is 0 Å². The highest BCUT2D eigenvalue weighted by Gasteiger charge is 2.37. The number of aldehydes is 1. The maximum absolute atomic E-state index is 10.8.